The number of nitrogens with one attached hydrogen (secondary N) is 1. The summed E-state index contributed by atoms with van der Waals surface area (Å²) in [6.07, 6.45) is 0. The number of fused-ring (bicyclic) bond motifs is 1. The van der Waals surface area contributed by atoms with Gasteiger partial charge in [0.05, 0.1) is 0 Å². The molecule has 0 spiro atoms. The minimum Gasteiger partial charge on any atom is -0.508 e. The van der Waals surface area contributed by atoms with Crippen LogP contribution in [0, 0.1) is 0 Å². The molecule has 2 N–H and O–H groups in total. The van der Waals surface area contributed by atoms with Gasteiger partial charge in [0, 0.05) is 13.1 Å². The fourth-order valence-corrected chi connectivity index (χ4v) is 1.43. The highest BCUT2D eigenvalue weighted by molar-refractivity contribution is 5.38. The van der Waals surface area contributed by atoms with Gasteiger partial charge in [0.1, 0.15) is 11.4 Å². The Bertz CT molecular complexity index is 383. The molecule has 1 aromatic carbocycles. The molecule has 17 heavy (non-hydrogen) atoms. The molecule has 1 aliphatic rings. The molecule has 0 bridgehead atoms. The molecule has 4 nitrogen and oxygen atoms in total. The van der Waals surface area contributed by atoms with Gasteiger partial charge < -0.3 is 15.2 Å². The van der Waals surface area contributed by atoms with Crippen molar-refractivity contribution < 1.29 is 14.6 Å². The van der Waals surface area contributed by atoms with Crippen LogP contribution in [0.4, 0.5) is 0 Å². The molecular weight excluding hydrogens is 218 g/mol. The van der Waals surface area contributed by atoms with Crippen molar-refractivity contribution in [3.63, 3.8) is 0 Å². The van der Waals surface area contributed by atoms with Gasteiger partial charge in [0.25, 0.3) is 6.47 Å². The van der Waals surface area contributed by atoms with Gasteiger partial charge in [0.2, 0.25) is 0 Å². The highest BCUT2D eigenvalue weighted by Gasteiger charge is 2.08. The Hall–Kier alpha value is -1.55. The highest BCUT2D eigenvalue weighted by atomic mass is 16.5. The first-order chi connectivity index (χ1) is 7.92. The van der Waals surface area contributed by atoms with E-state index in [1.165, 1.54) is 11.1 Å². The molecule has 4 heteroatoms. The Kier molecular flexibility index (Phi) is 4.52. The maximum absolute atomic E-state index is 9.60. The van der Waals surface area contributed by atoms with E-state index in [2.05, 4.69) is 10.1 Å². The summed E-state index contributed by atoms with van der Waals surface area (Å²) in [5, 5.41) is 12.3. The number of benzene rings is 1. The Balaban J connectivity index is 0.000000185. The molecule has 0 atom stereocenters. The minimum atomic E-state index is -0.318. The van der Waals surface area contributed by atoms with Crippen LogP contribution in [0.5, 0.6) is 5.75 Å². The second kappa shape index (κ2) is 5.68. The number of phenolic OH excluding ortho intramolecular Hbond substituents is 1. The van der Waals surface area contributed by atoms with Gasteiger partial charge in [-0.25, -0.2) is 0 Å². The molecule has 1 aromatic rings. The molecule has 94 valence electrons. The molecule has 0 radical (unpaired) electrons. The molecule has 2 rings (SSSR count). The second-order valence-corrected chi connectivity index (χ2v) is 4.88. The van der Waals surface area contributed by atoms with Gasteiger partial charge in [-0.3, -0.25) is 4.79 Å². The standard InChI is InChI=1S/C8H9NO.C5H10O2/c10-8-2-1-6-4-9-5-7(6)3-8;1-5(2,3)7-4-6/h1-3,9-10H,4-5H2;4H,1-3H3. The van der Waals surface area contributed by atoms with Crippen molar-refractivity contribution in [2.45, 2.75) is 39.5 Å². The smallest absolute Gasteiger partial charge is 0.293 e. The van der Waals surface area contributed by atoms with E-state index in [1.54, 1.807) is 6.07 Å². The molecule has 0 aliphatic carbocycles. The Morgan fingerprint density at radius 3 is 2.47 bits per heavy atom. The summed E-state index contributed by atoms with van der Waals surface area (Å²) in [5.74, 6) is 0.363. The second-order valence-electron chi connectivity index (χ2n) is 4.88. The Labute approximate surface area is 102 Å². The van der Waals surface area contributed by atoms with Crippen molar-refractivity contribution in [1.29, 1.82) is 0 Å². The van der Waals surface area contributed by atoms with Crippen LogP contribution in [0.1, 0.15) is 31.9 Å². The molecule has 0 unspecified atom stereocenters. The Morgan fingerprint density at radius 1 is 1.29 bits per heavy atom. The van der Waals surface area contributed by atoms with Crippen molar-refractivity contribution in [1.82, 2.24) is 5.32 Å². The summed E-state index contributed by atoms with van der Waals surface area (Å²) in [7, 11) is 0. The number of phenols is 1. The molecule has 0 saturated heterocycles. The maximum atomic E-state index is 9.60. The van der Waals surface area contributed by atoms with Gasteiger partial charge in [-0.15, -0.1) is 0 Å². The summed E-state index contributed by atoms with van der Waals surface area (Å²) in [6.45, 7) is 7.75. The van der Waals surface area contributed by atoms with E-state index >= 15 is 0 Å². The van der Waals surface area contributed by atoms with Crippen LogP contribution in [0.2, 0.25) is 0 Å². The zero-order valence-electron chi connectivity index (χ0n) is 10.5. The largest absolute Gasteiger partial charge is 0.508 e. The number of carbonyl (C=O) groups is 1. The van der Waals surface area contributed by atoms with E-state index < -0.39 is 0 Å². The number of hydrogen-bond acceptors (Lipinski definition) is 4. The van der Waals surface area contributed by atoms with Crippen LogP contribution < -0.4 is 5.32 Å². The molecular formula is C13H19NO3. The molecule has 1 aliphatic heterocycles. The lowest BCUT2D eigenvalue weighted by molar-refractivity contribution is -0.138. The van der Waals surface area contributed by atoms with Crippen molar-refractivity contribution in [2.24, 2.45) is 0 Å². The van der Waals surface area contributed by atoms with E-state index in [0.29, 0.717) is 12.2 Å². The Morgan fingerprint density at radius 2 is 1.94 bits per heavy atom. The molecule has 1 heterocycles. The average Bonchev–Trinajstić information content (AvgIpc) is 2.63. The zero-order valence-corrected chi connectivity index (χ0v) is 10.5. The van der Waals surface area contributed by atoms with E-state index in [9.17, 15) is 4.79 Å². The van der Waals surface area contributed by atoms with Crippen LogP contribution in [0.3, 0.4) is 0 Å². The fraction of sp³-hybridized carbons (Fsp3) is 0.462. The third kappa shape index (κ3) is 4.87. The third-order valence-corrected chi connectivity index (χ3v) is 2.22. The lowest BCUT2D eigenvalue weighted by atomic mass is 10.1. The molecule has 0 fully saturated rings. The van der Waals surface area contributed by atoms with E-state index in [-0.39, 0.29) is 5.60 Å². The third-order valence-electron chi connectivity index (χ3n) is 2.22. The van der Waals surface area contributed by atoms with Crippen LogP contribution >= 0.6 is 0 Å². The topological polar surface area (TPSA) is 58.6 Å². The number of ether oxygens (including phenoxy) is 1. The fourth-order valence-electron chi connectivity index (χ4n) is 1.43. The lowest BCUT2D eigenvalue weighted by Crippen LogP contribution is -2.17. The summed E-state index contributed by atoms with van der Waals surface area (Å²) in [6, 6.07) is 5.51. The van der Waals surface area contributed by atoms with Crippen LogP contribution in [-0.4, -0.2) is 17.2 Å². The summed E-state index contributed by atoms with van der Waals surface area (Å²) in [5.41, 5.74) is 2.21. The van der Waals surface area contributed by atoms with Gasteiger partial charge in [0.15, 0.2) is 0 Å². The number of rotatable bonds is 1. The first-order valence-corrected chi connectivity index (χ1v) is 5.55. The minimum absolute atomic E-state index is 0.318. The first kappa shape index (κ1) is 13.5. The SMILES string of the molecule is CC(C)(C)OC=O.Oc1ccc2c(c1)CNC2. The molecule has 0 amide bonds. The maximum Gasteiger partial charge on any atom is 0.293 e. The van der Waals surface area contributed by atoms with Crippen molar-refractivity contribution in [3.8, 4) is 5.75 Å². The summed E-state index contributed by atoms with van der Waals surface area (Å²) >= 11 is 0. The van der Waals surface area contributed by atoms with Gasteiger partial charge in [-0.2, -0.15) is 0 Å². The predicted octanol–water partition coefficient (Wildman–Crippen LogP) is 1.95. The average molecular weight is 237 g/mol. The number of carbonyl (C=O) groups excluding carboxylic acids is 1. The van der Waals surface area contributed by atoms with Gasteiger partial charge in [-0.05, 0) is 44.0 Å². The normalized spacial score (nSPS) is 13.4. The van der Waals surface area contributed by atoms with Crippen LogP contribution in [0.25, 0.3) is 0 Å². The van der Waals surface area contributed by atoms with Crippen molar-refractivity contribution >= 4 is 6.47 Å². The summed E-state index contributed by atoms with van der Waals surface area (Å²) < 4.78 is 4.55. The first-order valence-electron chi connectivity index (χ1n) is 5.55. The van der Waals surface area contributed by atoms with Crippen molar-refractivity contribution in [3.05, 3.63) is 29.3 Å². The molecule has 0 saturated carbocycles. The van der Waals surface area contributed by atoms with E-state index in [1.807, 2.05) is 32.9 Å². The zero-order chi connectivity index (χ0) is 12.9. The quantitative estimate of drug-likeness (QED) is 0.733. The van der Waals surface area contributed by atoms with Crippen LogP contribution in [0.15, 0.2) is 18.2 Å². The monoisotopic (exact) mass is 237 g/mol. The number of hydrogen-bond donors (Lipinski definition) is 2. The van der Waals surface area contributed by atoms with Crippen molar-refractivity contribution in [2.75, 3.05) is 0 Å². The lowest BCUT2D eigenvalue weighted by Gasteiger charge is -2.14. The van der Waals surface area contributed by atoms with E-state index in [0.717, 1.165) is 13.1 Å². The number of aromatic hydroxyl groups is 1. The predicted molar refractivity (Wildman–Crippen MR) is 65.6 cm³/mol. The van der Waals surface area contributed by atoms with Gasteiger partial charge in [-0.1, -0.05) is 6.07 Å². The molecule has 0 aromatic heterocycles. The summed E-state index contributed by atoms with van der Waals surface area (Å²) in [4.78, 5) is 9.60. The highest BCUT2D eigenvalue weighted by Crippen LogP contribution is 2.19. The van der Waals surface area contributed by atoms with E-state index in [4.69, 9.17) is 5.11 Å². The van der Waals surface area contributed by atoms with Gasteiger partial charge >= 0.3 is 0 Å². The van der Waals surface area contributed by atoms with Crippen LogP contribution in [-0.2, 0) is 22.6 Å².